The van der Waals surface area contributed by atoms with Crippen LogP contribution in [0.1, 0.15) is 5.56 Å². The van der Waals surface area contributed by atoms with Crippen LogP contribution in [0.25, 0.3) is 0 Å². The Bertz CT molecular complexity index is 537. The van der Waals surface area contributed by atoms with Crippen LogP contribution >= 0.6 is 0 Å². The fourth-order valence-electron chi connectivity index (χ4n) is 1.51. The molecular formula is C12H12N2O4. The van der Waals surface area contributed by atoms with Gasteiger partial charge < -0.3 is 14.5 Å². The van der Waals surface area contributed by atoms with Crippen LogP contribution in [0.2, 0.25) is 0 Å². The van der Waals surface area contributed by atoms with Gasteiger partial charge in [0.25, 0.3) is 5.69 Å². The number of non-ortho nitro benzene ring substituents is 1. The van der Waals surface area contributed by atoms with Gasteiger partial charge in [0.1, 0.15) is 5.75 Å². The molecule has 1 N–H and O–H groups in total. The molecule has 0 radical (unpaired) electrons. The van der Waals surface area contributed by atoms with Crippen molar-refractivity contribution in [3.63, 3.8) is 0 Å². The van der Waals surface area contributed by atoms with E-state index >= 15 is 0 Å². The summed E-state index contributed by atoms with van der Waals surface area (Å²) >= 11 is 0. The van der Waals surface area contributed by atoms with Crippen molar-refractivity contribution >= 4 is 11.4 Å². The molecule has 1 aromatic heterocycles. The topological polar surface area (TPSA) is 77.5 Å². The van der Waals surface area contributed by atoms with E-state index in [4.69, 9.17) is 9.15 Å². The lowest BCUT2D eigenvalue weighted by atomic mass is 10.2. The van der Waals surface area contributed by atoms with Gasteiger partial charge in [-0.15, -0.1) is 0 Å². The van der Waals surface area contributed by atoms with Gasteiger partial charge in [0.15, 0.2) is 0 Å². The highest BCUT2D eigenvalue weighted by molar-refractivity contribution is 5.56. The fraction of sp³-hybridized carbons (Fsp3) is 0.167. The summed E-state index contributed by atoms with van der Waals surface area (Å²) in [6.07, 6.45) is 3.19. The minimum Gasteiger partial charge on any atom is -0.496 e. The van der Waals surface area contributed by atoms with E-state index in [9.17, 15) is 10.1 Å². The normalized spacial score (nSPS) is 10.1. The molecule has 1 heterocycles. The quantitative estimate of drug-likeness (QED) is 0.650. The minimum atomic E-state index is -0.453. The summed E-state index contributed by atoms with van der Waals surface area (Å²) in [5, 5.41) is 13.8. The van der Waals surface area contributed by atoms with Crippen LogP contribution in [-0.2, 0) is 6.54 Å². The first-order chi connectivity index (χ1) is 8.69. The lowest BCUT2D eigenvalue weighted by Gasteiger charge is -2.07. The number of nitrogens with zero attached hydrogens (tertiary/aromatic N) is 1. The number of hydrogen-bond acceptors (Lipinski definition) is 5. The molecule has 94 valence electrons. The van der Waals surface area contributed by atoms with Crippen LogP contribution in [0.3, 0.4) is 0 Å². The third-order valence-electron chi connectivity index (χ3n) is 2.41. The third-order valence-corrected chi connectivity index (χ3v) is 2.41. The first-order valence-corrected chi connectivity index (χ1v) is 5.27. The lowest BCUT2D eigenvalue weighted by Crippen LogP contribution is -1.99. The van der Waals surface area contributed by atoms with Gasteiger partial charge in [-0.1, -0.05) is 0 Å². The van der Waals surface area contributed by atoms with Gasteiger partial charge in [0, 0.05) is 29.9 Å². The van der Waals surface area contributed by atoms with Crippen LogP contribution in [0.5, 0.6) is 5.75 Å². The predicted octanol–water partition coefficient (Wildman–Crippen LogP) is 2.81. The number of methoxy groups -OCH3 is 1. The second-order valence-corrected chi connectivity index (χ2v) is 3.66. The number of nitrogens with one attached hydrogen (secondary N) is 1. The number of hydrogen-bond donors (Lipinski definition) is 1. The Morgan fingerprint density at radius 1 is 1.44 bits per heavy atom. The van der Waals surface area contributed by atoms with Gasteiger partial charge in [-0.3, -0.25) is 10.1 Å². The molecule has 0 fully saturated rings. The van der Waals surface area contributed by atoms with Crippen molar-refractivity contribution in [3.8, 4) is 5.75 Å². The van der Waals surface area contributed by atoms with Crippen LogP contribution in [-0.4, -0.2) is 12.0 Å². The largest absolute Gasteiger partial charge is 0.496 e. The van der Waals surface area contributed by atoms with Gasteiger partial charge in [0.05, 0.1) is 30.6 Å². The summed E-state index contributed by atoms with van der Waals surface area (Å²) in [7, 11) is 1.47. The summed E-state index contributed by atoms with van der Waals surface area (Å²) in [6, 6.07) is 6.36. The molecule has 1 aromatic carbocycles. The van der Waals surface area contributed by atoms with Crippen LogP contribution < -0.4 is 10.1 Å². The molecule has 2 aromatic rings. The molecule has 0 atom stereocenters. The molecule has 0 bridgehead atoms. The average Bonchev–Trinajstić information content (AvgIpc) is 2.89. The molecular weight excluding hydrogens is 236 g/mol. The zero-order chi connectivity index (χ0) is 13.0. The van der Waals surface area contributed by atoms with E-state index in [1.807, 2.05) is 6.07 Å². The van der Waals surface area contributed by atoms with E-state index in [2.05, 4.69) is 5.32 Å². The number of anilines is 1. The Labute approximate surface area is 103 Å². The molecule has 0 amide bonds. The van der Waals surface area contributed by atoms with Gasteiger partial charge >= 0.3 is 0 Å². The monoisotopic (exact) mass is 248 g/mol. The number of nitro groups is 1. The number of ether oxygens (including phenoxy) is 1. The first kappa shape index (κ1) is 12.0. The first-order valence-electron chi connectivity index (χ1n) is 5.27. The lowest BCUT2D eigenvalue weighted by molar-refractivity contribution is -0.384. The van der Waals surface area contributed by atoms with E-state index in [1.165, 1.54) is 19.2 Å². The average molecular weight is 248 g/mol. The maximum Gasteiger partial charge on any atom is 0.275 e. The van der Waals surface area contributed by atoms with Crippen molar-refractivity contribution in [3.05, 3.63) is 52.5 Å². The van der Waals surface area contributed by atoms with E-state index < -0.39 is 4.92 Å². The second kappa shape index (κ2) is 5.22. The SMILES string of the molecule is COc1cc(NCc2ccoc2)cc([N+](=O)[O-])c1. The van der Waals surface area contributed by atoms with Gasteiger partial charge in [-0.05, 0) is 6.07 Å². The number of furan rings is 1. The van der Waals surface area contributed by atoms with E-state index in [0.29, 0.717) is 18.0 Å². The summed E-state index contributed by atoms with van der Waals surface area (Å²) in [4.78, 5) is 10.3. The van der Waals surface area contributed by atoms with Crippen molar-refractivity contribution in [2.45, 2.75) is 6.54 Å². The summed E-state index contributed by atoms with van der Waals surface area (Å²) in [5.74, 6) is 0.443. The molecule has 18 heavy (non-hydrogen) atoms. The van der Waals surface area contributed by atoms with E-state index in [-0.39, 0.29) is 5.69 Å². The highest BCUT2D eigenvalue weighted by Crippen LogP contribution is 2.26. The highest BCUT2D eigenvalue weighted by atomic mass is 16.6. The molecule has 0 unspecified atom stereocenters. The molecule has 0 saturated heterocycles. The summed E-state index contributed by atoms with van der Waals surface area (Å²) in [5.41, 5.74) is 1.58. The maximum atomic E-state index is 10.8. The number of benzene rings is 1. The van der Waals surface area contributed by atoms with Crippen molar-refractivity contribution in [1.82, 2.24) is 0 Å². The number of rotatable bonds is 5. The van der Waals surface area contributed by atoms with Crippen molar-refractivity contribution in [2.75, 3.05) is 12.4 Å². The Kier molecular flexibility index (Phi) is 3.47. The zero-order valence-corrected chi connectivity index (χ0v) is 9.75. The smallest absolute Gasteiger partial charge is 0.275 e. The summed E-state index contributed by atoms with van der Waals surface area (Å²) < 4.78 is 9.96. The third kappa shape index (κ3) is 2.79. The molecule has 0 saturated carbocycles. The predicted molar refractivity (Wildman–Crippen MR) is 65.7 cm³/mol. The second-order valence-electron chi connectivity index (χ2n) is 3.66. The van der Waals surface area contributed by atoms with Gasteiger partial charge in [-0.25, -0.2) is 0 Å². The Balaban J connectivity index is 2.16. The Hall–Kier alpha value is -2.50. The molecule has 6 heteroatoms. The van der Waals surface area contributed by atoms with Gasteiger partial charge in [0.2, 0.25) is 0 Å². The maximum absolute atomic E-state index is 10.8. The molecule has 0 aliphatic heterocycles. The van der Waals surface area contributed by atoms with Crippen LogP contribution in [0.15, 0.2) is 41.2 Å². The minimum absolute atomic E-state index is 0.0101. The molecule has 2 rings (SSSR count). The Morgan fingerprint density at radius 2 is 2.28 bits per heavy atom. The van der Waals surface area contributed by atoms with Crippen LogP contribution in [0.4, 0.5) is 11.4 Å². The molecule has 0 spiro atoms. The molecule has 6 nitrogen and oxygen atoms in total. The number of nitro benzene ring substituents is 1. The Morgan fingerprint density at radius 3 is 2.89 bits per heavy atom. The zero-order valence-electron chi connectivity index (χ0n) is 9.75. The molecule has 0 aliphatic carbocycles. The van der Waals surface area contributed by atoms with Crippen LogP contribution in [0, 0.1) is 10.1 Å². The highest BCUT2D eigenvalue weighted by Gasteiger charge is 2.10. The molecule has 0 aliphatic rings. The van der Waals surface area contributed by atoms with E-state index in [1.54, 1.807) is 18.6 Å². The van der Waals surface area contributed by atoms with Crippen molar-refractivity contribution in [2.24, 2.45) is 0 Å². The standard InChI is InChI=1S/C12H12N2O4/c1-17-12-5-10(4-11(6-12)14(15)16)13-7-9-2-3-18-8-9/h2-6,8,13H,7H2,1H3. The van der Waals surface area contributed by atoms with Crippen molar-refractivity contribution in [1.29, 1.82) is 0 Å². The van der Waals surface area contributed by atoms with Crippen molar-refractivity contribution < 1.29 is 14.1 Å². The van der Waals surface area contributed by atoms with E-state index in [0.717, 1.165) is 5.56 Å². The van der Waals surface area contributed by atoms with Gasteiger partial charge in [-0.2, -0.15) is 0 Å². The fourth-order valence-corrected chi connectivity index (χ4v) is 1.51. The summed E-state index contributed by atoms with van der Waals surface area (Å²) in [6.45, 7) is 0.529.